The molecule has 0 unspecified atom stereocenters. The lowest BCUT2D eigenvalue weighted by Gasteiger charge is -2.58. The highest BCUT2D eigenvalue weighted by atomic mass is 16.3. The zero-order valence-electron chi connectivity index (χ0n) is 20.7. The van der Waals surface area contributed by atoms with E-state index in [2.05, 4.69) is 53.7 Å². The summed E-state index contributed by atoms with van der Waals surface area (Å²) in [5, 5.41) is 10.2. The molecule has 0 radical (unpaired) electrons. The van der Waals surface area contributed by atoms with Gasteiger partial charge in [-0.1, -0.05) is 57.9 Å². The summed E-state index contributed by atoms with van der Waals surface area (Å²) >= 11 is 0. The highest BCUT2D eigenvalue weighted by molar-refractivity contribution is 5.25. The minimum Gasteiger partial charge on any atom is -0.393 e. The predicted molar refractivity (Wildman–Crippen MR) is 128 cm³/mol. The Balaban J connectivity index is 1.49. The molecular formula is C29H48O. The molecule has 1 heteroatoms. The fourth-order valence-electron chi connectivity index (χ4n) is 8.98. The van der Waals surface area contributed by atoms with Crippen LogP contribution in [0, 0.1) is 46.3 Å². The molecule has 1 nitrogen and oxygen atoms in total. The van der Waals surface area contributed by atoms with Crippen LogP contribution in [0.4, 0.5) is 0 Å². The molecule has 3 fully saturated rings. The van der Waals surface area contributed by atoms with Crippen molar-refractivity contribution < 1.29 is 5.11 Å². The van der Waals surface area contributed by atoms with Crippen molar-refractivity contribution >= 4 is 0 Å². The largest absolute Gasteiger partial charge is 0.393 e. The third kappa shape index (κ3) is 3.66. The maximum atomic E-state index is 10.2. The summed E-state index contributed by atoms with van der Waals surface area (Å²) in [5.41, 5.74) is 4.21. The van der Waals surface area contributed by atoms with E-state index in [1.807, 2.05) is 0 Å². The molecule has 4 aliphatic rings. The van der Waals surface area contributed by atoms with Gasteiger partial charge in [-0.15, -0.1) is 0 Å². The van der Waals surface area contributed by atoms with Crippen LogP contribution in [0.3, 0.4) is 0 Å². The normalized spacial score (nSPS) is 44.9. The molecule has 0 aromatic heterocycles. The van der Waals surface area contributed by atoms with Gasteiger partial charge in [0.15, 0.2) is 0 Å². The number of rotatable bonds is 5. The molecule has 0 aromatic rings. The fourth-order valence-corrected chi connectivity index (χ4v) is 8.98. The van der Waals surface area contributed by atoms with Crippen LogP contribution in [0.15, 0.2) is 23.3 Å². The summed E-state index contributed by atoms with van der Waals surface area (Å²) in [7, 11) is 0. The molecule has 0 aliphatic heterocycles. The smallest absolute Gasteiger partial charge is 0.0577 e. The Kier molecular flexibility index (Phi) is 6.35. The molecule has 4 aliphatic carbocycles. The number of allylic oxidation sites excluding steroid dienone is 3. The highest BCUT2D eigenvalue weighted by Gasteiger charge is 2.59. The monoisotopic (exact) mass is 412 g/mol. The van der Waals surface area contributed by atoms with Gasteiger partial charge >= 0.3 is 0 Å². The van der Waals surface area contributed by atoms with E-state index >= 15 is 0 Å². The number of aliphatic hydroxyl groups is 1. The number of hydrogen-bond acceptors (Lipinski definition) is 1. The van der Waals surface area contributed by atoms with E-state index < -0.39 is 0 Å². The second-order valence-electron chi connectivity index (χ2n) is 12.4. The molecule has 30 heavy (non-hydrogen) atoms. The van der Waals surface area contributed by atoms with E-state index in [1.54, 1.807) is 11.1 Å². The van der Waals surface area contributed by atoms with E-state index in [0.29, 0.717) is 16.7 Å². The van der Waals surface area contributed by atoms with Gasteiger partial charge in [-0.05, 0) is 117 Å². The van der Waals surface area contributed by atoms with Gasteiger partial charge in [-0.2, -0.15) is 0 Å². The molecule has 3 saturated carbocycles. The summed E-state index contributed by atoms with van der Waals surface area (Å²) < 4.78 is 0. The minimum atomic E-state index is -0.0839. The zero-order valence-corrected chi connectivity index (χ0v) is 20.7. The molecule has 0 aromatic carbocycles. The molecule has 0 heterocycles. The number of hydrogen-bond donors (Lipinski definition) is 1. The molecule has 0 bridgehead atoms. The second-order valence-corrected chi connectivity index (χ2v) is 12.4. The quantitative estimate of drug-likeness (QED) is 0.454. The maximum absolute atomic E-state index is 10.2. The lowest BCUT2D eigenvalue weighted by atomic mass is 9.47. The van der Waals surface area contributed by atoms with Crippen LogP contribution < -0.4 is 0 Å². The average Bonchev–Trinajstić information content (AvgIpc) is 3.06. The molecule has 170 valence electrons. The molecule has 4 rings (SSSR count). The first kappa shape index (κ1) is 22.6. The van der Waals surface area contributed by atoms with Crippen molar-refractivity contribution in [3.63, 3.8) is 0 Å². The van der Waals surface area contributed by atoms with Crippen molar-refractivity contribution in [1.82, 2.24) is 0 Å². The van der Waals surface area contributed by atoms with Crippen molar-refractivity contribution in [2.45, 2.75) is 112 Å². The van der Waals surface area contributed by atoms with Crippen molar-refractivity contribution in [3.8, 4) is 0 Å². The van der Waals surface area contributed by atoms with Crippen LogP contribution in [0.2, 0.25) is 0 Å². The third-order valence-corrected chi connectivity index (χ3v) is 10.8. The van der Waals surface area contributed by atoms with Gasteiger partial charge in [0.05, 0.1) is 6.10 Å². The predicted octanol–water partition coefficient (Wildman–Crippen LogP) is 7.94. The lowest BCUT2D eigenvalue weighted by Crippen LogP contribution is -2.50. The van der Waals surface area contributed by atoms with Crippen molar-refractivity contribution in [2.75, 3.05) is 0 Å². The Bertz CT molecular complexity index is 686. The topological polar surface area (TPSA) is 20.2 Å². The molecular weight excluding hydrogens is 364 g/mol. The molecule has 1 N–H and O–H groups in total. The van der Waals surface area contributed by atoms with Crippen LogP contribution in [-0.4, -0.2) is 11.2 Å². The van der Waals surface area contributed by atoms with E-state index in [9.17, 15) is 5.11 Å². The summed E-state index contributed by atoms with van der Waals surface area (Å²) in [5.74, 6) is 5.15. The Morgan fingerprint density at radius 2 is 1.87 bits per heavy atom. The first-order valence-electron chi connectivity index (χ1n) is 13.2. The lowest BCUT2D eigenvalue weighted by molar-refractivity contribution is -0.0571. The van der Waals surface area contributed by atoms with Gasteiger partial charge in [-0.25, -0.2) is 0 Å². The van der Waals surface area contributed by atoms with Crippen LogP contribution in [0.1, 0.15) is 106 Å². The Morgan fingerprint density at radius 1 is 1.10 bits per heavy atom. The third-order valence-electron chi connectivity index (χ3n) is 10.8. The molecule has 0 spiro atoms. The van der Waals surface area contributed by atoms with Crippen molar-refractivity contribution in [1.29, 1.82) is 0 Å². The van der Waals surface area contributed by atoms with Gasteiger partial charge in [0.25, 0.3) is 0 Å². The summed E-state index contributed by atoms with van der Waals surface area (Å²) in [6.07, 6.45) is 17.8. The van der Waals surface area contributed by atoms with Crippen LogP contribution in [0.25, 0.3) is 0 Å². The fraction of sp³-hybridized carbons (Fsp3) is 0.862. The Hall–Kier alpha value is -0.560. The average molecular weight is 413 g/mol. The highest BCUT2D eigenvalue weighted by Crippen LogP contribution is 2.67. The van der Waals surface area contributed by atoms with E-state index in [1.165, 1.54) is 51.4 Å². The first-order valence-corrected chi connectivity index (χ1v) is 13.2. The SMILES string of the molecule is C/C=C(\CC[C@H](C)[C@@H]1CC[C@@H]2[C@H]3CC=C4C[C@@H](O)CC[C@]4(C)[C@@H]3CC[C@]21C)C(C)C. The van der Waals surface area contributed by atoms with Gasteiger partial charge in [0, 0.05) is 0 Å². The molecule has 0 amide bonds. The van der Waals surface area contributed by atoms with Crippen LogP contribution >= 0.6 is 0 Å². The number of aliphatic hydroxyl groups excluding tert-OH is 1. The van der Waals surface area contributed by atoms with Crippen LogP contribution in [-0.2, 0) is 0 Å². The Morgan fingerprint density at radius 3 is 2.57 bits per heavy atom. The second kappa shape index (κ2) is 8.42. The van der Waals surface area contributed by atoms with Gasteiger partial charge < -0.3 is 5.11 Å². The molecule has 0 saturated heterocycles. The summed E-state index contributed by atoms with van der Waals surface area (Å²) in [6.45, 7) is 14.7. The van der Waals surface area contributed by atoms with E-state index in [0.717, 1.165) is 42.4 Å². The maximum Gasteiger partial charge on any atom is 0.0577 e. The summed E-state index contributed by atoms with van der Waals surface area (Å²) in [6, 6.07) is 0. The minimum absolute atomic E-state index is 0.0839. The number of fused-ring (bicyclic) bond motifs is 5. The van der Waals surface area contributed by atoms with Crippen LogP contribution in [0.5, 0.6) is 0 Å². The first-order chi connectivity index (χ1) is 14.2. The van der Waals surface area contributed by atoms with Gasteiger partial charge in [-0.3, -0.25) is 0 Å². The van der Waals surface area contributed by atoms with Gasteiger partial charge in [0.1, 0.15) is 0 Å². The molecule has 8 atom stereocenters. The van der Waals surface area contributed by atoms with Crippen molar-refractivity contribution in [2.24, 2.45) is 46.3 Å². The van der Waals surface area contributed by atoms with Crippen molar-refractivity contribution in [3.05, 3.63) is 23.3 Å². The Labute approximate surface area is 186 Å². The van der Waals surface area contributed by atoms with Gasteiger partial charge in [0.2, 0.25) is 0 Å². The van der Waals surface area contributed by atoms with E-state index in [4.69, 9.17) is 0 Å². The zero-order chi connectivity index (χ0) is 21.7. The summed E-state index contributed by atoms with van der Waals surface area (Å²) in [4.78, 5) is 0. The standard InChI is InChI=1S/C29H48O/c1-7-21(19(2)3)9-8-20(4)25-12-13-26-24-11-10-22-18-23(30)14-16-28(22,5)27(24)15-17-29(25,26)6/h7,10,19-20,23-27,30H,8-9,11-18H2,1-6H3/b21-7+/t20-,23-,24+,25-,26+,27+,28-,29-/m0/s1. The van der Waals surface area contributed by atoms with E-state index in [-0.39, 0.29) is 6.10 Å².